The second-order valence-electron chi connectivity index (χ2n) is 7.24. The number of carbonyl (C=O) groups excluding carboxylic acids is 1. The molecule has 1 aromatic carbocycles. The van der Waals surface area contributed by atoms with Crippen LogP contribution in [0.25, 0.3) is 21.3 Å². The zero-order chi connectivity index (χ0) is 18.4. The zero-order valence-electron chi connectivity index (χ0n) is 14.9. The van der Waals surface area contributed by atoms with Gasteiger partial charge in [-0.3, -0.25) is 4.79 Å². The van der Waals surface area contributed by atoms with Crippen molar-refractivity contribution in [3.05, 3.63) is 40.9 Å². The molecule has 1 aliphatic carbocycles. The molecule has 2 atom stereocenters. The Bertz CT molecular complexity index is 1030. The predicted octanol–water partition coefficient (Wildman–Crippen LogP) is 3.28. The summed E-state index contributed by atoms with van der Waals surface area (Å²) in [4.78, 5) is 21.9. The van der Waals surface area contributed by atoms with Crippen molar-refractivity contribution in [2.45, 2.75) is 44.3 Å². The van der Waals surface area contributed by atoms with Gasteiger partial charge in [-0.25, -0.2) is 9.97 Å². The number of hydrogen-bond donors (Lipinski definition) is 3. The van der Waals surface area contributed by atoms with Gasteiger partial charge < -0.3 is 16.4 Å². The van der Waals surface area contributed by atoms with Crippen molar-refractivity contribution in [2.75, 3.05) is 5.32 Å². The summed E-state index contributed by atoms with van der Waals surface area (Å²) in [5.41, 5.74) is 9.33. The smallest absolute Gasteiger partial charge is 0.255 e. The molecule has 2 aromatic heterocycles. The Morgan fingerprint density at radius 2 is 2.04 bits per heavy atom. The van der Waals surface area contributed by atoms with Gasteiger partial charge >= 0.3 is 0 Å². The fourth-order valence-corrected chi connectivity index (χ4v) is 5.00. The molecule has 6 nitrogen and oxygen atoms in total. The number of benzene rings is 1. The average Bonchev–Trinajstić information content (AvgIpc) is 3.27. The third kappa shape index (κ3) is 2.87. The maximum atomic E-state index is 12.4. The maximum absolute atomic E-state index is 12.4. The number of nitrogens with one attached hydrogen (secondary N) is 2. The predicted molar refractivity (Wildman–Crippen MR) is 108 cm³/mol. The molecule has 7 heteroatoms. The van der Waals surface area contributed by atoms with E-state index in [-0.39, 0.29) is 18.0 Å². The first kappa shape index (κ1) is 16.6. The van der Waals surface area contributed by atoms with Crippen molar-refractivity contribution in [3.8, 4) is 11.3 Å². The Kier molecular flexibility index (Phi) is 4.06. The van der Waals surface area contributed by atoms with Crippen molar-refractivity contribution in [1.29, 1.82) is 0 Å². The average molecular weight is 379 g/mol. The third-order valence-electron chi connectivity index (χ3n) is 5.50. The lowest BCUT2D eigenvalue weighted by atomic mass is 9.91. The summed E-state index contributed by atoms with van der Waals surface area (Å²) in [6, 6.07) is 8.49. The number of amides is 1. The summed E-state index contributed by atoms with van der Waals surface area (Å²) in [5.74, 6) is 0.467. The summed E-state index contributed by atoms with van der Waals surface area (Å²) < 4.78 is 1.18. The topological polar surface area (TPSA) is 92.9 Å². The van der Waals surface area contributed by atoms with Crippen molar-refractivity contribution >= 4 is 33.3 Å². The maximum Gasteiger partial charge on any atom is 0.255 e. The van der Waals surface area contributed by atoms with E-state index >= 15 is 0 Å². The molecule has 2 unspecified atom stereocenters. The Morgan fingerprint density at radius 1 is 1.19 bits per heavy atom. The number of aromatic nitrogens is 2. The van der Waals surface area contributed by atoms with Crippen LogP contribution in [0.5, 0.6) is 0 Å². The molecule has 0 saturated heterocycles. The van der Waals surface area contributed by atoms with Crippen molar-refractivity contribution in [3.63, 3.8) is 0 Å². The van der Waals surface area contributed by atoms with Crippen LogP contribution in [-0.2, 0) is 6.54 Å². The number of fused-ring (bicyclic) bond motifs is 2. The van der Waals surface area contributed by atoms with Crippen LogP contribution in [-0.4, -0.2) is 28.0 Å². The molecule has 1 amide bonds. The quantitative estimate of drug-likeness (QED) is 0.649. The van der Waals surface area contributed by atoms with E-state index in [0.717, 1.165) is 29.5 Å². The first-order valence-electron chi connectivity index (χ1n) is 9.38. The van der Waals surface area contributed by atoms with Gasteiger partial charge in [-0.05, 0) is 18.9 Å². The van der Waals surface area contributed by atoms with Crippen LogP contribution in [0.15, 0.2) is 29.6 Å². The van der Waals surface area contributed by atoms with Gasteiger partial charge in [-0.15, -0.1) is 11.3 Å². The number of carbonyl (C=O) groups is 1. The SMILES string of the molecule is NC1CCCCC1Nc1nc2c(c(-c3csc4ccccc34)n1)C(=O)NC2. The third-order valence-corrected chi connectivity index (χ3v) is 6.46. The summed E-state index contributed by atoms with van der Waals surface area (Å²) >= 11 is 1.66. The molecule has 0 radical (unpaired) electrons. The van der Waals surface area contributed by atoms with Crippen LogP contribution in [0.2, 0.25) is 0 Å². The van der Waals surface area contributed by atoms with Gasteiger partial charge in [-0.1, -0.05) is 31.0 Å². The van der Waals surface area contributed by atoms with Gasteiger partial charge in [0.05, 0.1) is 23.5 Å². The standard InChI is InChI=1S/C20H21N5OS/c21-13-6-2-3-7-14(13)23-20-24-15-9-22-19(26)17(15)18(25-20)12-10-27-16-8-4-1-5-11(12)16/h1,4-5,8,10,13-14H,2-3,6-7,9,21H2,(H,22,26)(H,23,24,25). The van der Waals surface area contributed by atoms with Gasteiger partial charge in [0.1, 0.15) is 0 Å². The molecule has 3 heterocycles. The number of nitrogens with two attached hydrogens (primary N) is 1. The zero-order valence-corrected chi connectivity index (χ0v) is 15.7. The Labute approximate surface area is 161 Å². The van der Waals surface area contributed by atoms with Gasteiger partial charge in [0, 0.05) is 33.1 Å². The second kappa shape index (κ2) is 6.58. The normalized spacial score (nSPS) is 21.9. The molecule has 3 aromatic rings. The highest BCUT2D eigenvalue weighted by Gasteiger charge is 2.29. The monoisotopic (exact) mass is 379 g/mol. The van der Waals surface area contributed by atoms with Gasteiger partial charge in [0.2, 0.25) is 5.95 Å². The van der Waals surface area contributed by atoms with Crippen LogP contribution < -0.4 is 16.4 Å². The van der Waals surface area contributed by atoms with E-state index in [1.54, 1.807) is 11.3 Å². The molecule has 2 aliphatic rings. The molecule has 1 aliphatic heterocycles. The van der Waals surface area contributed by atoms with E-state index in [9.17, 15) is 4.79 Å². The van der Waals surface area contributed by atoms with Crippen LogP contribution in [0, 0.1) is 0 Å². The van der Waals surface area contributed by atoms with Crippen LogP contribution in [0.4, 0.5) is 5.95 Å². The number of hydrogen-bond acceptors (Lipinski definition) is 6. The highest BCUT2D eigenvalue weighted by Crippen LogP contribution is 2.37. The first-order valence-corrected chi connectivity index (χ1v) is 10.3. The van der Waals surface area contributed by atoms with E-state index in [1.807, 2.05) is 12.1 Å². The fourth-order valence-electron chi connectivity index (χ4n) is 4.05. The minimum atomic E-state index is -0.101. The molecule has 138 valence electrons. The van der Waals surface area contributed by atoms with E-state index in [2.05, 4.69) is 33.1 Å². The van der Waals surface area contributed by atoms with Gasteiger partial charge in [0.25, 0.3) is 5.91 Å². The fraction of sp³-hybridized carbons (Fsp3) is 0.350. The van der Waals surface area contributed by atoms with Gasteiger partial charge in [0.15, 0.2) is 0 Å². The number of nitrogens with zero attached hydrogens (tertiary/aromatic N) is 2. The summed E-state index contributed by atoms with van der Waals surface area (Å²) in [6.07, 6.45) is 4.38. The molecule has 4 N–H and O–H groups in total. The van der Waals surface area contributed by atoms with E-state index in [4.69, 9.17) is 10.7 Å². The van der Waals surface area contributed by atoms with Gasteiger partial charge in [-0.2, -0.15) is 0 Å². The minimum absolute atomic E-state index is 0.101. The highest BCUT2D eigenvalue weighted by atomic mass is 32.1. The van der Waals surface area contributed by atoms with E-state index in [0.29, 0.717) is 23.8 Å². The van der Waals surface area contributed by atoms with E-state index in [1.165, 1.54) is 17.5 Å². The molecular formula is C20H21N5OS. The lowest BCUT2D eigenvalue weighted by Gasteiger charge is -2.29. The Balaban J connectivity index is 1.61. The molecular weight excluding hydrogens is 358 g/mol. The van der Waals surface area contributed by atoms with Crippen molar-refractivity contribution < 1.29 is 4.79 Å². The summed E-state index contributed by atoms with van der Waals surface area (Å²) in [7, 11) is 0. The number of thiophene rings is 1. The largest absolute Gasteiger partial charge is 0.350 e. The molecule has 0 bridgehead atoms. The Hall–Kier alpha value is -2.51. The number of rotatable bonds is 3. The lowest BCUT2D eigenvalue weighted by molar-refractivity contribution is 0.0966. The molecule has 1 saturated carbocycles. The molecule has 5 rings (SSSR count). The minimum Gasteiger partial charge on any atom is -0.350 e. The summed E-state index contributed by atoms with van der Waals surface area (Å²) in [5, 5.41) is 9.52. The second-order valence-corrected chi connectivity index (χ2v) is 8.16. The van der Waals surface area contributed by atoms with Crippen molar-refractivity contribution in [2.24, 2.45) is 5.73 Å². The van der Waals surface area contributed by atoms with E-state index < -0.39 is 0 Å². The highest BCUT2D eigenvalue weighted by molar-refractivity contribution is 7.17. The molecule has 1 fully saturated rings. The summed E-state index contributed by atoms with van der Waals surface area (Å²) in [6.45, 7) is 0.442. The Morgan fingerprint density at radius 3 is 2.93 bits per heavy atom. The van der Waals surface area contributed by atoms with Crippen molar-refractivity contribution in [1.82, 2.24) is 15.3 Å². The molecule has 27 heavy (non-hydrogen) atoms. The molecule has 0 spiro atoms. The first-order chi connectivity index (χ1) is 13.2. The van der Waals surface area contributed by atoms with Crippen LogP contribution >= 0.6 is 11.3 Å². The van der Waals surface area contributed by atoms with Crippen LogP contribution in [0.1, 0.15) is 41.7 Å². The lowest BCUT2D eigenvalue weighted by Crippen LogP contribution is -2.43. The number of anilines is 1. The van der Waals surface area contributed by atoms with Crippen LogP contribution in [0.3, 0.4) is 0 Å².